The van der Waals surface area contributed by atoms with Crippen LogP contribution in [0.2, 0.25) is 0 Å². The van der Waals surface area contributed by atoms with Gasteiger partial charge in [-0.15, -0.1) is 0 Å². The molecule has 0 bridgehead atoms. The van der Waals surface area contributed by atoms with Gasteiger partial charge in [-0.25, -0.2) is 0 Å². The van der Waals surface area contributed by atoms with E-state index in [1.54, 1.807) is 0 Å². The summed E-state index contributed by atoms with van der Waals surface area (Å²) in [5, 5.41) is 9.85. The van der Waals surface area contributed by atoms with Crippen LogP contribution in [0.3, 0.4) is 0 Å². The Labute approximate surface area is 97.9 Å². The molecule has 0 fully saturated rings. The average molecular weight is 222 g/mol. The predicted octanol–water partition coefficient (Wildman–Crippen LogP) is 2.17. The maximum atomic E-state index is 9.85. The second kappa shape index (κ2) is 4.74. The lowest BCUT2D eigenvalue weighted by Crippen LogP contribution is -2.38. The first kappa shape index (κ1) is 12.8. The molecule has 1 rings (SSSR count). The lowest BCUT2D eigenvalue weighted by atomic mass is 10.1. The zero-order valence-electron chi connectivity index (χ0n) is 10.6. The highest BCUT2D eigenvalue weighted by Gasteiger charge is 2.17. The molecule has 0 saturated carbocycles. The van der Waals surface area contributed by atoms with Crippen LogP contribution < -0.4 is 10.6 Å². The molecule has 16 heavy (non-hydrogen) atoms. The maximum Gasteiger partial charge on any atom is 0.0765 e. The van der Waals surface area contributed by atoms with Crippen LogP contribution in [0.5, 0.6) is 0 Å². The Kier molecular flexibility index (Phi) is 3.81. The van der Waals surface area contributed by atoms with Gasteiger partial charge in [-0.3, -0.25) is 0 Å². The zero-order valence-corrected chi connectivity index (χ0v) is 10.6. The number of aryl methyl sites for hydroxylation is 1. The summed E-state index contributed by atoms with van der Waals surface area (Å²) in [6.45, 7) is 9.19. The zero-order chi connectivity index (χ0) is 12.3. The van der Waals surface area contributed by atoms with Crippen molar-refractivity contribution in [3.63, 3.8) is 0 Å². The van der Waals surface area contributed by atoms with E-state index >= 15 is 0 Å². The highest BCUT2D eigenvalue weighted by molar-refractivity contribution is 5.58. The molecule has 0 radical (unpaired) electrons. The van der Waals surface area contributed by atoms with Gasteiger partial charge in [0, 0.05) is 24.5 Å². The molecule has 0 aliphatic rings. The van der Waals surface area contributed by atoms with Crippen molar-refractivity contribution in [2.24, 2.45) is 0 Å². The Hall–Kier alpha value is -1.22. The second-order valence-corrected chi connectivity index (χ2v) is 4.93. The molecule has 3 heteroatoms. The van der Waals surface area contributed by atoms with Gasteiger partial charge in [-0.05, 0) is 51.5 Å². The van der Waals surface area contributed by atoms with Crippen molar-refractivity contribution in [1.82, 2.24) is 0 Å². The molecule has 0 spiro atoms. The minimum atomic E-state index is -0.700. The van der Waals surface area contributed by atoms with Gasteiger partial charge in [0.15, 0.2) is 0 Å². The summed E-state index contributed by atoms with van der Waals surface area (Å²) in [5.41, 5.74) is 8.11. The number of likely N-dealkylation sites (N-methyl/N-ethyl adjacent to an activating group) is 1. The molecule has 1 aromatic carbocycles. The molecule has 1 aromatic rings. The number of hydrogen-bond donors (Lipinski definition) is 2. The van der Waals surface area contributed by atoms with Crippen molar-refractivity contribution in [2.75, 3.05) is 23.7 Å². The van der Waals surface area contributed by atoms with Gasteiger partial charge in [0.1, 0.15) is 0 Å². The number of hydrogen-bond acceptors (Lipinski definition) is 3. The maximum absolute atomic E-state index is 9.85. The molecular formula is C13H22N2O. The van der Waals surface area contributed by atoms with Crippen LogP contribution in [0.25, 0.3) is 0 Å². The van der Waals surface area contributed by atoms with Crippen LogP contribution in [0.4, 0.5) is 11.4 Å². The van der Waals surface area contributed by atoms with E-state index in [0.29, 0.717) is 6.54 Å². The number of nitrogen functional groups attached to an aromatic ring is 1. The third-order valence-corrected chi connectivity index (χ3v) is 2.41. The van der Waals surface area contributed by atoms with E-state index in [9.17, 15) is 5.11 Å². The molecule has 0 aromatic heterocycles. The molecule has 0 saturated heterocycles. The van der Waals surface area contributed by atoms with Crippen molar-refractivity contribution < 1.29 is 5.11 Å². The van der Waals surface area contributed by atoms with Crippen LogP contribution in [0, 0.1) is 6.92 Å². The summed E-state index contributed by atoms with van der Waals surface area (Å²) in [4.78, 5) is 2.13. The molecule has 3 N–H and O–H groups in total. The van der Waals surface area contributed by atoms with Crippen molar-refractivity contribution in [1.29, 1.82) is 0 Å². The number of nitrogens with two attached hydrogens (primary N) is 1. The van der Waals surface area contributed by atoms with Gasteiger partial charge in [0.05, 0.1) is 5.60 Å². The van der Waals surface area contributed by atoms with E-state index in [0.717, 1.165) is 23.5 Å². The Morgan fingerprint density at radius 1 is 1.31 bits per heavy atom. The topological polar surface area (TPSA) is 49.5 Å². The van der Waals surface area contributed by atoms with Crippen molar-refractivity contribution in [3.05, 3.63) is 23.8 Å². The van der Waals surface area contributed by atoms with Crippen molar-refractivity contribution >= 4 is 11.4 Å². The predicted molar refractivity (Wildman–Crippen MR) is 69.8 cm³/mol. The highest BCUT2D eigenvalue weighted by Crippen LogP contribution is 2.21. The third-order valence-electron chi connectivity index (χ3n) is 2.41. The van der Waals surface area contributed by atoms with Crippen molar-refractivity contribution in [2.45, 2.75) is 33.3 Å². The fourth-order valence-corrected chi connectivity index (χ4v) is 1.83. The Morgan fingerprint density at radius 2 is 1.94 bits per heavy atom. The molecule has 0 heterocycles. The molecule has 3 nitrogen and oxygen atoms in total. The molecule has 90 valence electrons. The molecule has 0 amide bonds. The van der Waals surface area contributed by atoms with E-state index in [-0.39, 0.29) is 0 Å². The summed E-state index contributed by atoms with van der Waals surface area (Å²) in [5.74, 6) is 0. The molecule has 0 aliphatic heterocycles. The monoisotopic (exact) mass is 222 g/mol. The first-order valence-electron chi connectivity index (χ1n) is 5.66. The lowest BCUT2D eigenvalue weighted by Gasteiger charge is -2.30. The number of benzene rings is 1. The van der Waals surface area contributed by atoms with Crippen LogP contribution in [0.15, 0.2) is 18.2 Å². The van der Waals surface area contributed by atoms with E-state index in [1.165, 1.54) is 0 Å². The molecule has 0 aliphatic carbocycles. The van der Waals surface area contributed by atoms with Gasteiger partial charge < -0.3 is 15.7 Å². The third kappa shape index (κ3) is 3.74. The number of anilines is 2. The first-order chi connectivity index (χ1) is 7.31. The average Bonchev–Trinajstić information content (AvgIpc) is 2.11. The lowest BCUT2D eigenvalue weighted by molar-refractivity contribution is 0.0876. The van der Waals surface area contributed by atoms with Crippen molar-refractivity contribution in [3.8, 4) is 0 Å². The van der Waals surface area contributed by atoms with Crippen LogP contribution in [-0.2, 0) is 0 Å². The molecule has 0 unspecified atom stereocenters. The van der Waals surface area contributed by atoms with E-state index in [1.807, 2.05) is 32.9 Å². The molecular weight excluding hydrogens is 200 g/mol. The minimum Gasteiger partial charge on any atom is -0.399 e. The Morgan fingerprint density at radius 3 is 2.38 bits per heavy atom. The second-order valence-electron chi connectivity index (χ2n) is 4.93. The smallest absolute Gasteiger partial charge is 0.0765 e. The van der Waals surface area contributed by atoms with Gasteiger partial charge in [0.25, 0.3) is 0 Å². The number of rotatable bonds is 4. The van der Waals surface area contributed by atoms with Gasteiger partial charge >= 0.3 is 0 Å². The summed E-state index contributed by atoms with van der Waals surface area (Å²) in [6.07, 6.45) is 0. The first-order valence-corrected chi connectivity index (χ1v) is 5.66. The summed E-state index contributed by atoms with van der Waals surface area (Å²) in [6, 6.07) is 5.98. The van der Waals surface area contributed by atoms with Gasteiger partial charge in [-0.2, -0.15) is 0 Å². The standard InChI is InChI=1S/C13H22N2O/c1-5-15(9-13(3,4)16)12-7-10(2)6-11(14)8-12/h6-8,16H,5,9,14H2,1-4H3. The normalized spacial score (nSPS) is 11.6. The van der Waals surface area contributed by atoms with E-state index < -0.39 is 5.60 Å². The van der Waals surface area contributed by atoms with Crippen LogP contribution >= 0.6 is 0 Å². The summed E-state index contributed by atoms with van der Waals surface area (Å²) < 4.78 is 0. The number of nitrogens with zero attached hydrogens (tertiary/aromatic N) is 1. The highest BCUT2D eigenvalue weighted by atomic mass is 16.3. The Balaban J connectivity index is 2.95. The largest absolute Gasteiger partial charge is 0.399 e. The summed E-state index contributed by atoms with van der Waals surface area (Å²) >= 11 is 0. The van der Waals surface area contributed by atoms with Crippen LogP contribution in [-0.4, -0.2) is 23.8 Å². The quantitative estimate of drug-likeness (QED) is 0.768. The van der Waals surface area contributed by atoms with Crippen LogP contribution in [0.1, 0.15) is 26.3 Å². The minimum absolute atomic E-state index is 0.604. The summed E-state index contributed by atoms with van der Waals surface area (Å²) in [7, 11) is 0. The molecule has 0 atom stereocenters. The van der Waals surface area contributed by atoms with E-state index in [2.05, 4.69) is 17.9 Å². The number of aliphatic hydroxyl groups is 1. The van der Waals surface area contributed by atoms with E-state index in [4.69, 9.17) is 5.73 Å². The van der Waals surface area contributed by atoms with Gasteiger partial charge in [0.2, 0.25) is 0 Å². The fourth-order valence-electron chi connectivity index (χ4n) is 1.83. The Bertz CT molecular complexity index is 335. The fraction of sp³-hybridized carbons (Fsp3) is 0.538. The van der Waals surface area contributed by atoms with Gasteiger partial charge in [-0.1, -0.05) is 0 Å². The SMILES string of the molecule is CCN(CC(C)(C)O)c1cc(C)cc(N)c1.